The Bertz CT molecular complexity index is 614. The first kappa shape index (κ1) is 13.6. The van der Waals surface area contributed by atoms with Crippen molar-refractivity contribution in [2.75, 3.05) is 11.9 Å². The maximum absolute atomic E-state index is 9.52. The molecule has 0 radical (unpaired) electrons. The highest BCUT2D eigenvalue weighted by Gasteiger charge is 2.26. The van der Waals surface area contributed by atoms with E-state index in [9.17, 15) is 5.11 Å². The first-order chi connectivity index (χ1) is 9.70. The molecule has 0 aromatic carbocycles. The number of aliphatic hydroxyl groups excluding tert-OH is 1. The Labute approximate surface area is 122 Å². The van der Waals surface area contributed by atoms with Crippen LogP contribution in [0.25, 0.3) is 5.78 Å². The van der Waals surface area contributed by atoms with Gasteiger partial charge in [0, 0.05) is 24.1 Å². The highest BCUT2D eigenvalue weighted by molar-refractivity contribution is 6.30. The van der Waals surface area contributed by atoms with Gasteiger partial charge < -0.3 is 10.4 Å². The molecule has 0 aliphatic heterocycles. The number of nitrogens with one attached hydrogen (secondary N) is 1. The Hall–Kier alpha value is -1.40. The number of rotatable bonds is 3. The second-order valence-electron chi connectivity index (χ2n) is 5.33. The number of hydrogen-bond acceptors (Lipinski definition) is 5. The summed E-state index contributed by atoms with van der Waals surface area (Å²) in [4.78, 5) is 8.27. The van der Waals surface area contributed by atoms with Crippen LogP contribution in [0.4, 0.5) is 5.82 Å². The monoisotopic (exact) mass is 295 g/mol. The van der Waals surface area contributed by atoms with Crippen LogP contribution in [-0.4, -0.2) is 37.3 Å². The van der Waals surface area contributed by atoms with Crippen LogP contribution in [0.15, 0.2) is 6.33 Å². The standard InChI is InChI=1S/C13H18ClN5O/c1-8-11(14)18-13-15-7-16-19(13)12(8)17-10-5-3-2-4-9(10)6-20/h7,9-10,17,20H,2-6H2,1H3. The topological polar surface area (TPSA) is 75.3 Å². The Balaban J connectivity index is 1.97. The average molecular weight is 296 g/mol. The number of hydrogen-bond donors (Lipinski definition) is 2. The van der Waals surface area contributed by atoms with E-state index in [1.807, 2.05) is 6.92 Å². The van der Waals surface area contributed by atoms with Gasteiger partial charge in [0.15, 0.2) is 0 Å². The summed E-state index contributed by atoms with van der Waals surface area (Å²) < 4.78 is 1.67. The molecule has 6 nitrogen and oxygen atoms in total. The fraction of sp³-hybridized carbons (Fsp3) is 0.615. The molecule has 0 saturated heterocycles. The van der Waals surface area contributed by atoms with Gasteiger partial charge in [0.2, 0.25) is 0 Å². The van der Waals surface area contributed by atoms with E-state index in [0.29, 0.717) is 10.9 Å². The van der Waals surface area contributed by atoms with Crippen LogP contribution in [0.3, 0.4) is 0 Å². The van der Waals surface area contributed by atoms with E-state index in [2.05, 4.69) is 20.4 Å². The Morgan fingerprint density at radius 3 is 3.05 bits per heavy atom. The van der Waals surface area contributed by atoms with E-state index in [-0.39, 0.29) is 18.6 Å². The lowest BCUT2D eigenvalue weighted by Crippen LogP contribution is -2.35. The third-order valence-electron chi connectivity index (χ3n) is 4.07. The predicted molar refractivity (Wildman–Crippen MR) is 77.0 cm³/mol. The molecule has 2 heterocycles. The second kappa shape index (κ2) is 5.54. The van der Waals surface area contributed by atoms with Gasteiger partial charge in [0.05, 0.1) is 0 Å². The molecule has 3 rings (SSSR count). The molecule has 2 unspecified atom stereocenters. The van der Waals surface area contributed by atoms with E-state index < -0.39 is 0 Å². The highest BCUT2D eigenvalue weighted by Crippen LogP contribution is 2.29. The van der Waals surface area contributed by atoms with Crippen molar-refractivity contribution in [1.29, 1.82) is 0 Å². The molecular formula is C13H18ClN5O. The summed E-state index contributed by atoms with van der Waals surface area (Å²) >= 11 is 6.16. The Kier molecular flexibility index (Phi) is 3.76. The van der Waals surface area contributed by atoms with Gasteiger partial charge >= 0.3 is 0 Å². The number of aromatic nitrogens is 4. The van der Waals surface area contributed by atoms with Gasteiger partial charge in [-0.2, -0.15) is 19.6 Å². The minimum atomic E-state index is 0.204. The fourth-order valence-corrected chi connectivity index (χ4v) is 3.02. The van der Waals surface area contributed by atoms with Crippen molar-refractivity contribution in [1.82, 2.24) is 19.6 Å². The smallest absolute Gasteiger partial charge is 0.255 e. The van der Waals surface area contributed by atoms with Crippen LogP contribution in [-0.2, 0) is 0 Å². The SMILES string of the molecule is Cc1c(Cl)nc2ncnn2c1NC1CCCCC1CO. The van der Waals surface area contributed by atoms with E-state index in [0.717, 1.165) is 24.2 Å². The number of aliphatic hydroxyl groups is 1. The molecule has 0 bridgehead atoms. The summed E-state index contributed by atoms with van der Waals surface area (Å²) in [5.74, 6) is 1.58. The molecule has 20 heavy (non-hydrogen) atoms. The molecule has 0 spiro atoms. The van der Waals surface area contributed by atoms with E-state index >= 15 is 0 Å². The second-order valence-corrected chi connectivity index (χ2v) is 5.68. The fourth-order valence-electron chi connectivity index (χ4n) is 2.86. The van der Waals surface area contributed by atoms with Crippen molar-refractivity contribution in [3.05, 3.63) is 17.0 Å². The zero-order chi connectivity index (χ0) is 14.1. The minimum absolute atomic E-state index is 0.204. The Morgan fingerprint density at radius 2 is 2.25 bits per heavy atom. The maximum atomic E-state index is 9.52. The van der Waals surface area contributed by atoms with Crippen LogP contribution in [0.1, 0.15) is 31.2 Å². The predicted octanol–water partition coefficient (Wildman–Crippen LogP) is 2.05. The van der Waals surface area contributed by atoms with Gasteiger partial charge in [-0.25, -0.2) is 0 Å². The van der Waals surface area contributed by atoms with Crippen LogP contribution < -0.4 is 5.32 Å². The summed E-state index contributed by atoms with van der Waals surface area (Å²) in [6.45, 7) is 2.12. The molecule has 108 valence electrons. The van der Waals surface area contributed by atoms with Gasteiger partial charge in [0.1, 0.15) is 17.3 Å². The van der Waals surface area contributed by atoms with Gasteiger partial charge in [-0.1, -0.05) is 24.4 Å². The van der Waals surface area contributed by atoms with Crippen LogP contribution in [0.2, 0.25) is 5.15 Å². The average Bonchev–Trinajstić information content (AvgIpc) is 2.92. The molecule has 1 aliphatic carbocycles. The van der Waals surface area contributed by atoms with Crippen LogP contribution >= 0.6 is 11.6 Å². The normalized spacial score (nSPS) is 23.1. The lowest BCUT2D eigenvalue weighted by Gasteiger charge is -2.32. The molecule has 1 fully saturated rings. The van der Waals surface area contributed by atoms with Crippen molar-refractivity contribution in [3.8, 4) is 0 Å². The molecule has 1 aliphatic rings. The van der Waals surface area contributed by atoms with Gasteiger partial charge in [0.25, 0.3) is 5.78 Å². The van der Waals surface area contributed by atoms with Gasteiger partial charge in [-0.3, -0.25) is 0 Å². The van der Waals surface area contributed by atoms with Crippen molar-refractivity contribution < 1.29 is 5.11 Å². The van der Waals surface area contributed by atoms with Crippen molar-refractivity contribution in [2.24, 2.45) is 5.92 Å². The largest absolute Gasteiger partial charge is 0.396 e. The zero-order valence-corrected chi connectivity index (χ0v) is 12.1. The highest BCUT2D eigenvalue weighted by atomic mass is 35.5. The van der Waals surface area contributed by atoms with E-state index in [1.54, 1.807) is 4.52 Å². The summed E-state index contributed by atoms with van der Waals surface area (Å²) in [7, 11) is 0. The number of nitrogens with zero attached hydrogens (tertiary/aromatic N) is 4. The molecule has 7 heteroatoms. The molecule has 2 aromatic rings. The quantitative estimate of drug-likeness (QED) is 0.848. The van der Waals surface area contributed by atoms with Crippen LogP contribution in [0, 0.1) is 12.8 Å². The minimum Gasteiger partial charge on any atom is -0.396 e. The summed E-state index contributed by atoms with van der Waals surface area (Å²) in [6, 6.07) is 0.235. The molecule has 1 saturated carbocycles. The van der Waals surface area contributed by atoms with Crippen molar-refractivity contribution in [2.45, 2.75) is 38.6 Å². The van der Waals surface area contributed by atoms with E-state index in [1.165, 1.54) is 19.2 Å². The number of fused-ring (bicyclic) bond motifs is 1. The number of anilines is 1. The van der Waals surface area contributed by atoms with Crippen molar-refractivity contribution in [3.63, 3.8) is 0 Å². The summed E-state index contributed by atoms with van der Waals surface area (Å²) in [5, 5.41) is 17.7. The first-order valence-electron chi connectivity index (χ1n) is 6.94. The summed E-state index contributed by atoms with van der Waals surface area (Å²) in [5.41, 5.74) is 0.854. The third-order valence-corrected chi connectivity index (χ3v) is 4.44. The third kappa shape index (κ3) is 2.33. The van der Waals surface area contributed by atoms with Crippen LogP contribution in [0.5, 0.6) is 0 Å². The van der Waals surface area contributed by atoms with Crippen molar-refractivity contribution >= 4 is 23.2 Å². The molecule has 2 atom stereocenters. The summed E-state index contributed by atoms with van der Waals surface area (Å²) in [6.07, 6.45) is 5.91. The maximum Gasteiger partial charge on any atom is 0.255 e. The van der Waals surface area contributed by atoms with E-state index in [4.69, 9.17) is 11.6 Å². The van der Waals surface area contributed by atoms with Gasteiger partial charge in [-0.05, 0) is 19.8 Å². The van der Waals surface area contributed by atoms with Gasteiger partial charge in [-0.15, -0.1) is 0 Å². The first-order valence-corrected chi connectivity index (χ1v) is 7.31. The molecule has 0 amide bonds. The molecule has 2 aromatic heterocycles. The molecular weight excluding hydrogens is 278 g/mol. The lowest BCUT2D eigenvalue weighted by atomic mass is 9.85. The zero-order valence-electron chi connectivity index (χ0n) is 11.4. The molecule has 2 N–H and O–H groups in total. The Morgan fingerprint density at radius 1 is 1.45 bits per heavy atom. The number of halogens is 1. The lowest BCUT2D eigenvalue weighted by molar-refractivity contribution is 0.178.